The second kappa shape index (κ2) is 6.34. The summed E-state index contributed by atoms with van der Waals surface area (Å²) in [6, 6.07) is 7.37. The van der Waals surface area contributed by atoms with Crippen LogP contribution in [0.3, 0.4) is 0 Å². The van der Waals surface area contributed by atoms with Gasteiger partial charge in [-0.05, 0) is 18.9 Å². The summed E-state index contributed by atoms with van der Waals surface area (Å²) >= 11 is 0. The Labute approximate surface area is 117 Å². The molecule has 1 aromatic carbocycles. The highest BCUT2D eigenvalue weighted by Gasteiger charge is 2.12. The van der Waals surface area contributed by atoms with Gasteiger partial charge in [-0.15, -0.1) is 0 Å². The van der Waals surface area contributed by atoms with Crippen LogP contribution >= 0.6 is 0 Å². The van der Waals surface area contributed by atoms with Crippen molar-refractivity contribution in [2.45, 2.75) is 19.8 Å². The van der Waals surface area contributed by atoms with Crippen LogP contribution < -0.4 is 5.56 Å². The second-order valence-corrected chi connectivity index (χ2v) is 4.67. The molecule has 0 fully saturated rings. The molecule has 5 heteroatoms. The molecule has 0 bridgehead atoms. The number of aromatic amines is 1. The average Bonchev–Trinajstić information content (AvgIpc) is 2.40. The number of ether oxygens (including phenoxy) is 1. The van der Waals surface area contributed by atoms with Crippen LogP contribution in [0.1, 0.15) is 17.8 Å². The first-order valence-electron chi connectivity index (χ1n) is 6.50. The van der Waals surface area contributed by atoms with Crippen LogP contribution in [0.25, 0.3) is 11.1 Å². The smallest absolute Gasteiger partial charge is 0.262 e. The van der Waals surface area contributed by atoms with Crippen molar-refractivity contribution in [1.29, 1.82) is 0 Å². The largest absolute Gasteiger partial charge is 0.493 e. The van der Waals surface area contributed by atoms with Crippen LogP contribution in [-0.4, -0.2) is 28.8 Å². The van der Waals surface area contributed by atoms with E-state index in [2.05, 4.69) is 9.97 Å². The number of hydrogen-bond donors (Lipinski definition) is 2. The summed E-state index contributed by atoms with van der Waals surface area (Å²) in [6.45, 7) is 2.55. The minimum atomic E-state index is -0.325. The molecule has 0 spiro atoms. The van der Waals surface area contributed by atoms with Gasteiger partial charge in [0.25, 0.3) is 5.56 Å². The number of rotatable bonds is 5. The van der Waals surface area contributed by atoms with E-state index in [1.54, 1.807) is 19.2 Å². The highest BCUT2D eigenvalue weighted by molar-refractivity contribution is 5.67. The predicted octanol–water partition coefficient (Wildman–Crippen LogP) is 2.03. The second-order valence-electron chi connectivity index (χ2n) is 4.67. The average molecular weight is 274 g/mol. The van der Waals surface area contributed by atoms with Gasteiger partial charge in [0, 0.05) is 20.1 Å². The molecule has 0 unspecified atom stereocenters. The summed E-state index contributed by atoms with van der Waals surface area (Å²) in [4.78, 5) is 18.8. The Hall–Kier alpha value is -2.14. The quantitative estimate of drug-likeness (QED) is 0.818. The molecular weight excluding hydrogens is 256 g/mol. The van der Waals surface area contributed by atoms with E-state index in [4.69, 9.17) is 4.74 Å². The number of aromatic nitrogens is 2. The van der Waals surface area contributed by atoms with Crippen LogP contribution in [0, 0.1) is 6.92 Å². The molecule has 2 rings (SSSR count). The van der Waals surface area contributed by atoms with Crippen LogP contribution in [-0.2, 0) is 11.2 Å². The number of methoxy groups -OCH3 is 1. The normalized spacial score (nSPS) is 10.7. The van der Waals surface area contributed by atoms with Gasteiger partial charge in [-0.1, -0.05) is 29.8 Å². The Morgan fingerprint density at radius 1 is 1.30 bits per heavy atom. The summed E-state index contributed by atoms with van der Waals surface area (Å²) in [7, 11) is 1.62. The predicted molar refractivity (Wildman–Crippen MR) is 76.9 cm³/mol. The maximum absolute atomic E-state index is 12.1. The molecule has 106 valence electrons. The SMILES string of the molecule is COCCCc1nc(O)c(-c2ccc(C)cc2)c(=O)[nH]1. The van der Waals surface area contributed by atoms with E-state index in [0.717, 1.165) is 12.0 Å². The highest BCUT2D eigenvalue weighted by atomic mass is 16.5. The molecule has 0 amide bonds. The maximum atomic E-state index is 12.1. The van der Waals surface area contributed by atoms with Gasteiger partial charge in [0.15, 0.2) is 0 Å². The zero-order chi connectivity index (χ0) is 14.5. The lowest BCUT2D eigenvalue weighted by molar-refractivity contribution is 0.194. The lowest BCUT2D eigenvalue weighted by Crippen LogP contribution is -2.14. The molecule has 0 atom stereocenters. The van der Waals surface area contributed by atoms with Crippen molar-refractivity contribution in [3.63, 3.8) is 0 Å². The van der Waals surface area contributed by atoms with Crippen LogP contribution in [0.2, 0.25) is 0 Å². The molecule has 0 aliphatic heterocycles. The van der Waals surface area contributed by atoms with Gasteiger partial charge in [-0.3, -0.25) is 4.79 Å². The summed E-state index contributed by atoms with van der Waals surface area (Å²) in [5.74, 6) is 0.241. The summed E-state index contributed by atoms with van der Waals surface area (Å²) in [5.41, 5.74) is 1.63. The molecule has 20 heavy (non-hydrogen) atoms. The fraction of sp³-hybridized carbons (Fsp3) is 0.333. The topological polar surface area (TPSA) is 75.2 Å². The van der Waals surface area contributed by atoms with Gasteiger partial charge < -0.3 is 14.8 Å². The Balaban J connectivity index is 2.31. The molecule has 0 aliphatic rings. The van der Waals surface area contributed by atoms with Crippen molar-refractivity contribution >= 4 is 0 Å². The number of aromatic hydroxyl groups is 1. The van der Waals surface area contributed by atoms with Crippen molar-refractivity contribution in [3.8, 4) is 17.0 Å². The molecule has 1 heterocycles. The van der Waals surface area contributed by atoms with Crippen molar-refractivity contribution < 1.29 is 9.84 Å². The van der Waals surface area contributed by atoms with E-state index in [-0.39, 0.29) is 17.0 Å². The summed E-state index contributed by atoms with van der Waals surface area (Å²) in [6.07, 6.45) is 1.30. The van der Waals surface area contributed by atoms with Gasteiger partial charge in [0.05, 0.1) is 0 Å². The number of nitrogens with one attached hydrogen (secondary N) is 1. The van der Waals surface area contributed by atoms with Crippen molar-refractivity contribution in [1.82, 2.24) is 9.97 Å². The molecule has 0 radical (unpaired) electrons. The van der Waals surface area contributed by atoms with Crippen molar-refractivity contribution in [3.05, 3.63) is 46.0 Å². The molecule has 0 saturated heterocycles. The Kier molecular flexibility index (Phi) is 4.53. The van der Waals surface area contributed by atoms with E-state index in [1.807, 2.05) is 19.1 Å². The van der Waals surface area contributed by atoms with Gasteiger partial charge in [-0.2, -0.15) is 4.98 Å². The van der Waals surface area contributed by atoms with Crippen molar-refractivity contribution in [2.75, 3.05) is 13.7 Å². The van der Waals surface area contributed by atoms with Gasteiger partial charge >= 0.3 is 0 Å². The molecule has 1 aromatic heterocycles. The third kappa shape index (κ3) is 3.24. The maximum Gasteiger partial charge on any atom is 0.262 e. The van der Waals surface area contributed by atoms with E-state index >= 15 is 0 Å². The van der Waals surface area contributed by atoms with Gasteiger partial charge in [0.1, 0.15) is 11.4 Å². The zero-order valence-electron chi connectivity index (χ0n) is 11.6. The van der Waals surface area contributed by atoms with E-state index < -0.39 is 0 Å². The van der Waals surface area contributed by atoms with Crippen LogP contribution in [0.5, 0.6) is 5.88 Å². The molecule has 0 saturated carbocycles. The summed E-state index contributed by atoms with van der Waals surface area (Å²) in [5, 5.41) is 9.99. The first-order chi connectivity index (χ1) is 9.61. The number of hydrogen-bond acceptors (Lipinski definition) is 4. The Morgan fingerprint density at radius 2 is 2.00 bits per heavy atom. The van der Waals surface area contributed by atoms with Gasteiger partial charge in [0.2, 0.25) is 5.88 Å². The highest BCUT2D eigenvalue weighted by Crippen LogP contribution is 2.23. The fourth-order valence-corrected chi connectivity index (χ4v) is 1.99. The molecule has 2 aromatic rings. The zero-order valence-corrected chi connectivity index (χ0v) is 11.6. The van der Waals surface area contributed by atoms with Crippen LogP contribution in [0.15, 0.2) is 29.1 Å². The number of nitrogens with zero attached hydrogens (tertiary/aromatic N) is 1. The van der Waals surface area contributed by atoms with E-state index in [9.17, 15) is 9.90 Å². The third-order valence-corrected chi connectivity index (χ3v) is 3.05. The number of H-pyrrole nitrogens is 1. The molecule has 0 aliphatic carbocycles. The monoisotopic (exact) mass is 274 g/mol. The first kappa shape index (κ1) is 14.3. The standard InChI is InChI=1S/C15H18N2O3/c1-10-5-7-11(8-6-10)13-14(18)16-12(17-15(13)19)4-3-9-20-2/h5-8H,3-4,9H2,1-2H3,(H2,16,17,18,19). The minimum absolute atomic E-state index is 0.209. The molecule has 5 nitrogen and oxygen atoms in total. The lowest BCUT2D eigenvalue weighted by Gasteiger charge is -2.06. The molecular formula is C15H18N2O3. The first-order valence-corrected chi connectivity index (χ1v) is 6.50. The van der Waals surface area contributed by atoms with Crippen molar-refractivity contribution in [2.24, 2.45) is 0 Å². The third-order valence-electron chi connectivity index (χ3n) is 3.05. The van der Waals surface area contributed by atoms with Gasteiger partial charge in [-0.25, -0.2) is 0 Å². The summed E-state index contributed by atoms with van der Waals surface area (Å²) < 4.78 is 4.95. The Morgan fingerprint density at radius 3 is 2.60 bits per heavy atom. The van der Waals surface area contributed by atoms with E-state index in [1.165, 1.54) is 0 Å². The minimum Gasteiger partial charge on any atom is -0.493 e. The van der Waals surface area contributed by atoms with E-state index in [0.29, 0.717) is 24.4 Å². The molecule has 2 N–H and O–H groups in total. The number of benzene rings is 1. The van der Waals surface area contributed by atoms with Crippen LogP contribution in [0.4, 0.5) is 0 Å². The number of aryl methyl sites for hydroxylation is 2. The fourth-order valence-electron chi connectivity index (χ4n) is 1.99. The lowest BCUT2D eigenvalue weighted by atomic mass is 10.1. The Bertz CT molecular complexity index is 633.